The van der Waals surface area contributed by atoms with E-state index in [1.807, 2.05) is 13.0 Å². The molecule has 32 heavy (non-hydrogen) atoms. The number of aliphatic hydroxyl groups excluding tert-OH is 1. The van der Waals surface area contributed by atoms with Crippen molar-refractivity contribution in [2.24, 2.45) is 34.0 Å². The van der Waals surface area contributed by atoms with Crippen molar-refractivity contribution in [3.05, 3.63) is 11.6 Å². The number of thiol groups is 1. The van der Waals surface area contributed by atoms with E-state index in [0.29, 0.717) is 25.7 Å². The molecule has 0 aromatic heterocycles. The molecule has 0 spiro atoms. The van der Waals surface area contributed by atoms with Crippen molar-refractivity contribution in [1.29, 1.82) is 0 Å². The minimum atomic E-state index is -1.47. The fourth-order valence-electron chi connectivity index (χ4n) is 7.89. The lowest BCUT2D eigenvalue weighted by Crippen LogP contribution is -2.61. The number of Topliss-reactive ketones (excluding diaryl/α,β-unsaturated/α-hetero) is 1. The van der Waals surface area contributed by atoms with Crippen LogP contribution >= 0.6 is 12.6 Å². The van der Waals surface area contributed by atoms with Crippen LogP contribution in [0.5, 0.6) is 0 Å². The molecule has 3 saturated carbocycles. The minimum Gasteiger partial charge on any atom is -0.393 e. The number of hydrogen-bond donors (Lipinski definition) is 3. The van der Waals surface area contributed by atoms with Gasteiger partial charge in [-0.2, -0.15) is 0 Å². The highest BCUT2D eigenvalue weighted by Crippen LogP contribution is 2.67. The number of fused-ring (bicyclic) bond motifs is 5. The molecule has 0 bridgehead atoms. The smallest absolute Gasteiger partial charge is 0.191 e. The van der Waals surface area contributed by atoms with Crippen LogP contribution in [0.25, 0.3) is 0 Å². The van der Waals surface area contributed by atoms with Crippen molar-refractivity contribution in [3.8, 4) is 0 Å². The lowest BCUT2D eigenvalue weighted by molar-refractivity contribution is -0.180. The maximum absolute atomic E-state index is 13.4. The zero-order valence-corrected chi connectivity index (χ0v) is 20.7. The topological polar surface area (TPSA) is 91.7 Å². The number of allylic oxidation sites excluding steroid dienone is 1. The molecule has 5 nitrogen and oxygen atoms in total. The van der Waals surface area contributed by atoms with Gasteiger partial charge in [-0.15, -0.1) is 12.6 Å². The van der Waals surface area contributed by atoms with Gasteiger partial charge in [-0.1, -0.05) is 33.3 Å². The first kappa shape index (κ1) is 24.2. The van der Waals surface area contributed by atoms with E-state index >= 15 is 0 Å². The lowest BCUT2D eigenvalue weighted by Gasteiger charge is -2.60. The molecule has 178 valence electrons. The monoisotopic (exact) mass is 462 g/mol. The SMILES string of the molecule is CC(C)(CCC(=O)[C@@]1(O)CC[C@H]2[C@H]3CCC4=CC(=O)CC[C@]4(C)[C@H]3[C@@H](O)C[C@@]21C)C(=O)S. The van der Waals surface area contributed by atoms with Crippen LogP contribution in [-0.4, -0.2) is 38.6 Å². The predicted molar refractivity (Wildman–Crippen MR) is 125 cm³/mol. The maximum atomic E-state index is 13.4. The normalized spacial score (nSPS) is 43.7. The molecule has 0 unspecified atom stereocenters. The van der Waals surface area contributed by atoms with E-state index in [-0.39, 0.29) is 46.3 Å². The summed E-state index contributed by atoms with van der Waals surface area (Å²) >= 11 is 3.95. The number of carbonyl (C=O) groups excluding carboxylic acids is 3. The van der Waals surface area contributed by atoms with Crippen molar-refractivity contribution in [1.82, 2.24) is 0 Å². The number of aliphatic hydroxyl groups is 2. The third-order valence-corrected chi connectivity index (χ3v) is 10.7. The van der Waals surface area contributed by atoms with Gasteiger partial charge >= 0.3 is 0 Å². The highest BCUT2D eigenvalue weighted by atomic mass is 32.1. The second-order valence-corrected chi connectivity index (χ2v) is 12.5. The molecule has 3 fully saturated rings. The molecular formula is C26H38O5S. The van der Waals surface area contributed by atoms with Crippen LogP contribution in [0.3, 0.4) is 0 Å². The summed E-state index contributed by atoms with van der Waals surface area (Å²) in [5, 5.41) is 23.0. The third kappa shape index (κ3) is 3.39. The molecule has 0 radical (unpaired) electrons. The largest absolute Gasteiger partial charge is 0.393 e. The van der Waals surface area contributed by atoms with Crippen molar-refractivity contribution in [3.63, 3.8) is 0 Å². The number of rotatable bonds is 5. The molecule has 2 N–H and O–H groups in total. The van der Waals surface area contributed by atoms with Crippen LogP contribution in [0.1, 0.15) is 85.5 Å². The van der Waals surface area contributed by atoms with E-state index in [1.54, 1.807) is 13.8 Å². The van der Waals surface area contributed by atoms with E-state index in [9.17, 15) is 24.6 Å². The van der Waals surface area contributed by atoms with Crippen LogP contribution in [0.15, 0.2) is 11.6 Å². The van der Waals surface area contributed by atoms with Gasteiger partial charge in [-0.25, -0.2) is 0 Å². The quantitative estimate of drug-likeness (QED) is 0.536. The fraction of sp³-hybridized carbons (Fsp3) is 0.808. The Morgan fingerprint density at radius 3 is 2.53 bits per heavy atom. The molecule has 4 aliphatic rings. The Hall–Kier alpha value is -0.980. The van der Waals surface area contributed by atoms with Crippen molar-refractivity contribution in [2.45, 2.75) is 97.2 Å². The van der Waals surface area contributed by atoms with Crippen LogP contribution in [0.4, 0.5) is 0 Å². The fourth-order valence-corrected chi connectivity index (χ4v) is 8.00. The number of hydrogen-bond acceptors (Lipinski definition) is 5. The Kier molecular flexibility index (Phi) is 5.87. The van der Waals surface area contributed by atoms with E-state index in [0.717, 1.165) is 25.7 Å². The molecule has 4 rings (SSSR count). The third-order valence-electron chi connectivity index (χ3n) is 10.1. The van der Waals surface area contributed by atoms with Crippen LogP contribution in [0, 0.1) is 34.0 Å². The highest BCUT2D eigenvalue weighted by Gasteiger charge is 2.68. The summed E-state index contributed by atoms with van der Waals surface area (Å²) in [6, 6.07) is 0. The summed E-state index contributed by atoms with van der Waals surface area (Å²) in [6.07, 6.45) is 6.32. The maximum Gasteiger partial charge on any atom is 0.191 e. The van der Waals surface area contributed by atoms with Gasteiger partial charge in [0.1, 0.15) is 5.60 Å². The van der Waals surface area contributed by atoms with E-state index < -0.39 is 22.5 Å². The molecule has 6 heteroatoms. The van der Waals surface area contributed by atoms with Crippen molar-refractivity contribution >= 4 is 29.3 Å². The molecule has 0 aromatic rings. The number of ketones is 2. The first-order valence-electron chi connectivity index (χ1n) is 12.2. The lowest BCUT2D eigenvalue weighted by atomic mass is 9.45. The Morgan fingerprint density at radius 1 is 1.19 bits per heavy atom. The Labute approximate surface area is 196 Å². The zero-order valence-electron chi connectivity index (χ0n) is 19.8. The van der Waals surface area contributed by atoms with E-state index in [4.69, 9.17) is 0 Å². The predicted octanol–water partition coefficient (Wildman–Crippen LogP) is 4.05. The number of carbonyl (C=O) groups is 3. The standard InChI is InChI=1S/C26H38O5S/c1-23(2,22(30)32)10-9-20(29)26(31)12-8-18-17-6-5-15-13-16(27)7-11-24(15,3)21(17)19(28)14-25(18,26)4/h13,17-19,21,28,31H,5-12,14H2,1-4H3,(H,30,32)/t17-,18+,19+,21-,24+,25+,26+/m1/s1. The molecule has 0 heterocycles. The van der Waals surface area contributed by atoms with Crippen LogP contribution < -0.4 is 0 Å². The molecule has 0 saturated heterocycles. The summed E-state index contributed by atoms with van der Waals surface area (Å²) in [5.41, 5.74) is -1.87. The first-order chi connectivity index (χ1) is 14.8. The van der Waals surface area contributed by atoms with Gasteiger partial charge in [0.2, 0.25) is 0 Å². The zero-order chi connectivity index (χ0) is 23.7. The average Bonchev–Trinajstić information content (AvgIpc) is 2.98. The Bertz CT molecular complexity index is 877. The molecule has 0 aromatic carbocycles. The summed E-state index contributed by atoms with van der Waals surface area (Å²) in [5.74, 6) is 0.444. The van der Waals surface area contributed by atoms with Crippen LogP contribution in [0.2, 0.25) is 0 Å². The van der Waals surface area contributed by atoms with Gasteiger partial charge in [0, 0.05) is 23.7 Å². The first-order valence-corrected chi connectivity index (χ1v) is 12.6. The summed E-state index contributed by atoms with van der Waals surface area (Å²) < 4.78 is 0. The molecule has 4 aliphatic carbocycles. The van der Waals surface area contributed by atoms with Gasteiger partial charge in [0.05, 0.1) is 6.10 Å². The highest BCUT2D eigenvalue weighted by molar-refractivity contribution is 7.96. The van der Waals surface area contributed by atoms with Gasteiger partial charge in [-0.3, -0.25) is 14.4 Å². The Morgan fingerprint density at radius 2 is 1.88 bits per heavy atom. The van der Waals surface area contributed by atoms with Gasteiger partial charge in [0.15, 0.2) is 16.7 Å². The van der Waals surface area contributed by atoms with E-state index in [2.05, 4.69) is 19.6 Å². The summed E-state index contributed by atoms with van der Waals surface area (Å²) in [7, 11) is 0. The second kappa shape index (κ2) is 7.78. The van der Waals surface area contributed by atoms with Crippen molar-refractivity contribution < 1.29 is 24.6 Å². The van der Waals surface area contributed by atoms with Crippen molar-refractivity contribution in [2.75, 3.05) is 0 Å². The minimum absolute atomic E-state index is 0.0619. The average molecular weight is 463 g/mol. The molecule has 0 amide bonds. The van der Waals surface area contributed by atoms with Gasteiger partial charge in [0.25, 0.3) is 0 Å². The molecule has 7 atom stereocenters. The Balaban J connectivity index is 1.60. The van der Waals surface area contributed by atoms with Gasteiger partial charge in [-0.05, 0) is 74.2 Å². The second-order valence-electron chi connectivity index (χ2n) is 12.1. The molecule has 0 aliphatic heterocycles. The van der Waals surface area contributed by atoms with E-state index in [1.165, 1.54) is 5.57 Å². The van der Waals surface area contributed by atoms with Crippen LogP contribution in [-0.2, 0) is 14.4 Å². The molecular weight excluding hydrogens is 424 g/mol. The summed E-state index contributed by atoms with van der Waals surface area (Å²) in [6.45, 7) is 7.75. The van der Waals surface area contributed by atoms with Gasteiger partial charge < -0.3 is 10.2 Å². The summed E-state index contributed by atoms with van der Waals surface area (Å²) in [4.78, 5) is 37.2.